The molecule has 0 spiro atoms. The Hall–Kier alpha value is -1.62. The lowest BCUT2D eigenvalue weighted by Crippen LogP contribution is -2.33. The summed E-state index contributed by atoms with van der Waals surface area (Å²) in [4.78, 5) is 11.7. The summed E-state index contributed by atoms with van der Waals surface area (Å²) in [5.74, 6) is 0.706. The summed E-state index contributed by atoms with van der Waals surface area (Å²) in [6, 6.07) is 7.40. The maximum absolute atomic E-state index is 11.7. The minimum Gasteiger partial charge on any atom is -0.497 e. The van der Waals surface area contributed by atoms with Gasteiger partial charge in [-0.3, -0.25) is 4.79 Å². The number of thiocarbonyl (C=S) groups is 1. The van der Waals surface area contributed by atoms with E-state index in [1.165, 1.54) is 19.3 Å². The highest BCUT2D eigenvalue weighted by Crippen LogP contribution is 2.16. The van der Waals surface area contributed by atoms with E-state index < -0.39 is 0 Å². The Labute approximate surface area is 132 Å². The molecule has 0 radical (unpaired) electrons. The van der Waals surface area contributed by atoms with Gasteiger partial charge in [-0.15, -0.1) is 0 Å². The van der Waals surface area contributed by atoms with Crippen molar-refractivity contribution in [2.45, 2.75) is 45.4 Å². The van der Waals surface area contributed by atoms with Crippen molar-refractivity contribution in [1.82, 2.24) is 5.32 Å². The lowest BCUT2D eigenvalue weighted by atomic mass is 10.1. The Morgan fingerprint density at radius 3 is 2.71 bits per heavy atom. The average molecular weight is 308 g/mol. The number of unbranched alkanes of at least 4 members (excludes halogenated alkanes) is 4. The fourth-order valence-electron chi connectivity index (χ4n) is 1.94. The van der Waals surface area contributed by atoms with Gasteiger partial charge in [0.2, 0.25) is 5.91 Å². The number of methoxy groups -OCH3 is 1. The normalized spacial score (nSPS) is 10.0. The van der Waals surface area contributed by atoms with Crippen LogP contribution in [0, 0.1) is 0 Å². The first-order chi connectivity index (χ1) is 10.2. The van der Waals surface area contributed by atoms with E-state index in [0.717, 1.165) is 24.3 Å². The second kappa shape index (κ2) is 10.2. The molecule has 1 rings (SSSR count). The van der Waals surface area contributed by atoms with Crippen LogP contribution in [-0.2, 0) is 4.79 Å². The molecule has 0 saturated heterocycles. The molecule has 1 amide bonds. The van der Waals surface area contributed by atoms with Crippen LogP contribution in [0.2, 0.25) is 0 Å². The number of hydrogen-bond donors (Lipinski definition) is 2. The predicted molar refractivity (Wildman–Crippen MR) is 90.7 cm³/mol. The molecule has 116 valence electrons. The summed E-state index contributed by atoms with van der Waals surface area (Å²) < 4.78 is 5.13. The van der Waals surface area contributed by atoms with Gasteiger partial charge in [0.25, 0.3) is 0 Å². The van der Waals surface area contributed by atoms with Crippen LogP contribution in [0.1, 0.15) is 45.4 Å². The van der Waals surface area contributed by atoms with Gasteiger partial charge in [-0.25, -0.2) is 0 Å². The van der Waals surface area contributed by atoms with E-state index in [1.54, 1.807) is 7.11 Å². The van der Waals surface area contributed by atoms with Gasteiger partial charge in [0.1, 0.15) is 5.75 Å². The Morgan fingerprint density at radius 1 is 1.24 bits per heavy atom. The van der Waals surface area contributed by atoms with Crippen LogP contribution in [0.3, 0.4) is 0 Å². The molecule has 0 heterocycles. The van der Waals surface area contributed by atoms with Crippen molar-refractivity contribution in [2.24, 2.45) is 0 Å². The molecule has 1 aromatic carbocycles. The summed E-state index contributed by atoms with van der Waals surface area (Å²) in [5.41, 5.74) is 0.794. The molecule has 2 N–H and O–H groups in total. The largest absolute Gasteiger partial charge is 0.497 e. The van der Waals surface area contributed by atoms with Crippen molar-refractivity contribution in [3.63, 3.8) is 0 Å². The Morgan fingerprint density at radius 2 is 2.00 bits per heavy atom. The van der Waals surface area contributed by atoms with Crippen molar-refractivity contribution in [2.75, 3.05) is 12.4 Å². The molecular weight excluding hydrogens is 284 g/mol. The summed E-state index contributed by atoms with van der Waals surface area (Å²) in [5, 5.41) is 6.00. The lowest BCUT2D eigenvalue weighted by molar-refractivity contribution is -0.119. The van der Waals surface area contributed by atoms with Gasteiger partial charge in [0.15, 0.2) is 5.11 Å². The quantitative estimate of drug-likeness (QED) is 0.565. The molecule has 0 bridgehead atoms. The van der Waals surface area contributed by atoms with Gasteiger partial charge in [-0.1, -0.05) is 38.7 Å². The van der Waals surface area contributed by atoms with Crippen molar-refractivity contribution >= 4 is 28.9 Å². The molecule has 0 fully saturated rings. The number of anilines is 1. The molecule has 0 aliphatic carbocycles. The van der Waals surface area contributed by atoms with Crippen LogP contribution in [0.15, 0.2) is 24.3 Å². The molecular formula is C16H24N2O2S. The summed E-state index contributed by atoms with van der Waals surface area (Å²) in [6.07, 6.45) is 6.16. The van der Waals surface area contributed by atoms with Gasteiger partial charge >= 0.3 is 0 Å². The summed E-state index contributed by atoms with van der Waals surface area (Å²) in [6.45, 7) is 2.18. The molecule has 0 atom stereocenters. The van der Waals surface area contributed by atoms with E-state index in [1.807, 2.05) is 24.3 Å². The molecule has 5 heteroatoms. The monoisotopic (exact) mass is 308 g/mol. The highest BCUT2D eigenvalue weighted by Gasteiger charge is 2.05. The first kappa shape index (κ1) is 17.4. The van der Waals surface area contributed by atoms with Crippen molar-refractivity contribution in [3.8, 4) is 5.75 Å². The molecule has 0 aromatic heterocycles. The Bertz CT molecular complexity index is 463. The molecule has 0 saturated carbocycles. The van der Waals surface area contributed by atoms with E-state index in [0.29, 0.717) is 11.5 Å². The number of hydrogen-bond acceptors (Lipinski definition) is 3. The summed E-state index contributed by atoms with van der Waals surface area (Å²) in [7, 11) is 1.61. The topological polar surface area (TPSA) is 50.4 Å². The van der Waals surface area contributed by atoms with Gasteiger partial charge in [0, 0.05) is 18.2 Å². The van der Waals surface area contributed by atoms with Crippen LogP contribution < -0.4 is 15.4 Å². The third-order valence-electron chi connectivity index (χ3n) is 3.09. The molecule has 0 aliphatic rings. The maximum Gasteiger partial charge on any atom is 0.226 e. The van der Waals surface area contributed by atoms with Crippen LogP contribution in [0.4, 0.5) is 5.69 Å². The molecule has 4 nitrogen and oxygen atoms in total. The lowest BCUT2D eigenvalue weighted by Gasteiger charge is -2.10. The summed E-state index contributed by atoms with van der Waals surface area (Å²) >= 11 is 5.13. The van der Waals surface area contributed by atoms with Gasteiger partial charge < -0.3 is 15.4 Å². The van der Waals surface area contributed by atoms with Crippen molar-refractivity contribution < 1.29 is 9.53 Å². The van der Waals surface area contributed by atoms with E-state index in [-0.39, 0.29) is 5.91 Å². The number of rotatable bonds is 8. The second-order valence-electron chi connectivity index (χ2n) is 4.90. The SMILES string of the molecule is CCCCCCCC(=O)NC(=S)Nc1cccc(OC)c1. The molecule has 21 heavy (non-hydrogen) atoms. The Kier molecular flexibility index (Phi) is 8.43. The van der Waals surface area contributed by atoms with Crippen molar-refractivity contribution in [1.29, 1.82) is 0 Å². The number of amides is 1. The number of carbonyl (C=O) groups excluding carboxylic acids is 1. The van der Waals surface area contributed by atoms with E-state index >= 15 is 0 Å². The van der Waals surface area contributed by atoms with Crippen LogP contribution in [-0.4, -0.2) is 18.1 Å². The van der Waals surface area contributed by atoms with Gasteiger partial charge in [-0.05, 0) is 30.8 Å². The number of nitrogens with one attached hydrogen (secondary N) is 2. The van der Waals surface area contributed by atoms with E-state index in [2.05, 4.69) is 17.6 Å². The zero-order chi connectivity index (χ0) is 15.5. The van der Waals surface area contributed by atoms with Crippen LogP contribution in [0.5, 0.6) is 5.75 Å². The van der Waals surface area contributed by atoms with Crippen molar-refractivity contribution in [3.05, 3.63) is 24.3 Å². The smallest absolute Gasteiger partial charge is 0.226 e. The fourth-order valence-corrected chi connectivity index (χ4v) is 2.17. The average Bonchev–Trinajstić information content (AvgIpc) is 2.47. The molecule has 0 unspecified atom stereocenters. The van der Waals surface area contributed by atoms with E-state index in [9.17, 15) is 4.79 Å². The highest BCUT2D eigenvalue weighted by atomic mass is 32.1. The molecule has 1 aromatic rings. The highest BCUT2D eigenvalue weighted by molar-refractivity contribution is 7.80. The number of benzene rings is 1. The minimum atomic E-state index is -0.0353. The number of carbonyl (C=O) groups is 1. The first-order valence-electron chi connectivity index (χ1n) is 7.40. The maximum atomic E-state index is 11.7. The second-order valence-corrected chi connectivity index (χ2v) is 5.31. The standard InChI is InChI=1S/C16H24N2O2S/c1-3-4-5-6-7-11-15(19)18-16(21)17-13-9-8-10-14(12-13)20-2/h8-10,12H,3-7,11H2,1-2H3,(H2,17,18,19,21). The van der Waals surface area contributed by atoms with E-state index in [4.69, 9.17) is 17.0 Å². The zero-order valence-corrected chi connectivity index (χ0v) is 13.6. The zero-order valence-electron chi connectivity index (χ0n) is 12.8. The van der Waals surface area contributed by atoms with Crippen LogP contribution in [0.25, 0.3) is 0 Å². The van der Waals surface area contributed by atoms with Gasteiger partial charge in [-0.2, -0.15) is 0 Å². The third kappa shape index (κ3) is 7.66. The minimum absolute atomic E-state index is 0.0353. The predicted octanol–water partition coefficient (Wildman–Crippen LogP) is 3.87. The first-order valence-corrected chi connectivity index (χ1v) is 7.81. The number of ether oxygens (including phenoxy) is 1. The Balaban J connectivity index is 2.27. The van der Waals surface area contributed by atoms with Crippen LogP contribution >= 0.6 is 12.2 Å². The fraction of sp³-hybridized carbons (Fsp3) is 0.500. The molecule has 0 aliphatic heterocycles. The third-order valence-corrected chi connectivity index (χ3v) is 3.29. The van der Waals surface area contributed by atoms with Gasteiger partial charge in [0.05, 0.1) is 7.11 Å².